The van der Waals surface area contributed by atoms with E-state index in [2.05, 4.69) is 305 Å². The zero-order valence-electron chi connectivity index (χ0n) is 51.5. The van der Waals surface area contributed by atoms with Gasteiger partial charge in [-0.25, -0.2) is 9.97 Å². The minimum absolute atomic E-state index is 0.101. The standard InChI is InChI=1S/C75H86N4Si/c1-70(2,3)50-38-47(39-51(44-50)71(4,5)6)66-58-30-32-60(76-58)67(48-40-52(72(7,8)9)45-53(41-48)73(10,11)12)62-34-36-64(78-62)69(80(19,56-26-22-20-23-27-56)57-28-24-21-25-29-57)65-37-35-63(79-65)68(61-33-31-59(66)77-61)49-42-54(74(13,14)15)46-55(43-49)75(16,17)18/h20-46,76,79H,1-19H3. The molecule has 5 heteroatoms. The summed E-state index contributed by atoms with van der Waals surface area (Å²) in [5, 5.41) is 3.85. The van der Waals surface area contributed by atoms with E-state index in [1.165, 1.54) is 48.9 Å². The predicted octanol–water partition coefficient (Wildman–Crippen LogP) is 18.5. The van der Waals surface area contributed by atoms with Crippen LogP contribution in [-0.2, 0) is 32.5 Å². The highest BCUT2D eigenvalue weighted by atomic mass is 28.3. The fourth-order valence-electron chi connectivity index (χ4n) is 11.6. The molecule has 410 valence electrons. The van der Waals surface area contributed by atoms with Crippen molar-refractivity contribution in [1.82, 2.24) is 19.9 Å². The molecule has 0 saturated carbocycles. The maximum absolute atomic E-state index is 5.96. The van der Waals surface area contributed by atoms with Crippen LogP contribution in [0.15, 0.2) is 140 Å². The van der Waals surface area contributed by atoms with Gasteiger partial charge >= 0.3 is 0 Å². The third kappa shape index (κ3) is 10.8. The Morgan fingerprint density at radius 2 is 0.550 bits per heavy atom. The topological polar surface area (TPSA) is 57.4 Å². The molecule has 5 aromatic carbocycles. The Morgan fingerprint density at radius 1 is 0.300 bits per heavy atom. The van der Waals surface area contributed by atoms with Crippen molar-refractivity contribution in [3.05, 3.63) is 196 Å². The summed E-state index contributed by atoms with van der Waals surface area (Å²) in [6.45, 7) is 44.4. The molecule has 0 unspecified atom stereocenters. The predicted molar refractivity (Wildman–Crippen MR) is 351 cm³/mol. The van der Waals surface area contributed by atoms with Crippen molar-refractivity contribution in [3.63, 3.8) is 0 Å². The van der Waals surface area contributed by atoms with Crippen LogP contribution in [0, 0.1) is 0 Å². The minimum atomic E-state index is -2.89. The van der Waals surface area contributed by atoms with Crippen LogP contribution in [0.4, 0.5) is 0 Å². The Bertz CT molecular complexity index is 3720. The average molecular weight is 1070 g/mol. The second-order valence-electron chi connectivity index (χ2n) is 29.3. The summed E-state index contributed by atoms with van der Waals surface area (Å²) in [7, 11) is -2.89. The summed E-state index contributed by atoms with van der Waals surface area (Å²) in [4.78, 5) is 20.2. The van der Waals surface area contributed by atoms with Crippen molar-refractivity contribution >= 4 is 70.0 Å². The van der Waals surface area contributed by atoms with Gasteiger partial charge in [0.1, 0.15) is 0 Å². The lowest BCUT2D eigenvalue weighted by atomic mass is 9.78. The van der Waals surface area contributed by atoms with Crippen LogP contribution in [0.5, 0.6) is 0 Å². The van der Waals surface area contributed by atoms with Crippen LogP contribution in [0.1, 0.15) is 181 Å². The van der Waals surface area contributed by atoms with Crippen LogP contribution in [0.2, 0.25) is 6.55 Å². The first-order valence-corrected chi connectivity index (χ1v) is 31.6. The molecule has 2 aliphatic rings. The number of hydrogen-bond acceptors (Lipinski definition) is 2. The Hall–Kier alpha value is -7.08. The molecule has 5 heterocycles. The van der Waals surface area contributed by atoms with Gasteiger partial charge in [0.05, 0.1) is 22.8 Å². The molecular weight excluding hydrogens is 985 g/mol. The van der Waals surface area contributed by atoms with Gasteiger partial charge in [0.25, 0.3) is 0 Å². The second-order valence-corrected chi connectivity index (χ2v) is 33.2. The second kappa shape index (κ2) is 19.9. The van der Waals surface area contributed by atoms with Gasteiger partial charge in [-0.1, -0.05) is 246 Å². The highest BCUT2D eigenvalue weighted by Gasteiger charge is 2.38. The molecule has 8 bridgehead atoms. The maximum atomic E-state index is 5.96. The molecule has 10 rings (SSSR count). The zero-order valence-corrected chi connectivity index (χ0v) is 52.5. The van der Waals surface area contributed by atoms with E-state index in [1.54, 1.807) is 0 Å². The van der Waals surface area contributed by atoms with E-state index >= 15 is 0 Å². The van der Waals surface area contributed by atoms with Crippen LogP contribution in [0.25, 0.3) is 79.8 Å². The van der Waals surface area contributed by atoms with E-state index < -0.39 is 8.07 Å². The van der Waals surface area contributed by atoms with Crippen LogP contribution < -0.4 is 15.6 Å². The first-order valence-electron chi connectivity index (χ1n) is 29.1. The summed E-state index contributed by atoms with van der Waals surface area (Å²) in [5.74, 6) is 0. The van der Waals surface area contributed by atoms with Gasteiger partial charge in [-0.15, -0.1) is 0 Å². The van der Waals surface area contributed by atoms with Gasteiger partial charge in [0, 0.05) is 38.8 Å². The van der Waals surface area contributed by atoms with Gasteiger partial charge in [-0.3, -0.25) is 0 Å². The fourth-order valence-corrected chi connectivity index (χ4v) is 15.5. The molecular formula is C75H86N4Si. The van der Waals surface area contributed by atoms with E-state index in [1.807, 2.05) is 0 Å². The van der Waals surface area contributed by atoms with Gasteiger partial charge in [-0.05, 0) is 147 Å². The van der Waals surface area contributed by atoms with Gasteiger partial charge in [-0.2, -0.15) is 0 Å². The number of rotatable bonds is 6. The normalized spacial score (nSPS) is 13.6. The number of nitrogens with zero attached hydrogens (tertiary/aromatic N) is 2. The van der Waals surface area contributed by atoms with Crippen LogP contribution in [-0.4, -0.2) is 28.0 Å². The van der Waals surface area contributed by atoms with Crippen molar-refractivity contribution in [2.24, 2.45) is 0 Å². The molecule has 8 aromatic rings. The minimum Gasteiger partial charge on any atom is -0.355 e. The third-order valence-electron chi connectivity index (χ3n) is 16.8. The summed E-state index contributed by atoms with van der Waals surface area (Å²) in [6.07, 6.45) is 9.09. The van der Waals surface area contributed by atoms with Crippen molar-refractivity contribution in [3.8, 4) is 33.4 Å². The number of fused-ring (bicyclic) bond motifs is 8. The number of benzene rings is 5. The summed E-state index contributed by atoms with van der Waals surface area (Å²) in [6, 6.07) is 53.3. The van der Waals surface area contributed by atoms with E-state index in [9.17, 15) is 0 Å². The Kier molecular flexibility index (Phi) is 14.0. The lowest BCUT2D eigenvalue weighted by molar-refractivity contribution is 0.568. The number of hydrogen-bond donors (Lipinski definition) is 2. The van der Waals surface area contributed by atoms with Gasteiger partial charge < -0.3 is 9.97 Å². The lowest BCUT2D eigenvalue weighted by Crippen LogP contribution is -2.65. The summed E-state index contributed by atoms with van der Waals surface area (Å²) < 4.78 is 0. The highest BCUT2D eigenvalue weighted by Crippen LogP contribution is 2.43. The Balaban J connectivity index is 1.47. The Morgan fingerprint density at radius 3 is 0.838 bits per heavy atom. The molecule has 2 N–H and O–H groups in total. The largest absolute Gasteiger partial charge is 0.355 e. The van der Waals surface area contributed by atoms with Crippen molar-refractivity contribution in [1.29, 1.82) is 0 Å². The number of aromatic amines is 2. The van der Waals surface area contributed by atoms with Crippen molar-refractivity contribution < 1.29 is 0 Å². The molecule has 0 radical (unpaired) electrons. The van der Waals surface area contributed by atoms with E-state index in [0.29, 0.717) is 0 Å². The first kappa shape index (κ1) is 56.2. The molecule has 0 spiro atoms. The fraction of sp³-hybridized carbons (Fsp3) is 0.333. The summed E-state index contributed by atoms with van der Waals surface area (Å²) in [5.41, 5.74) is 21.6. The van der Waals surface area contributed by atoms with Gasteiger partial charge in [0.15, 0.2) is 8.07 Å². The van der Waals surface area contributed by atoms with E-state index in [-0.39, 0.29) is 32.5 Å². The third-order valence-corrected chi connectivity index (χ3v) is 21.3. The molecule has 3 aromatic heterocycles. The molecule has 80 heavy (non-hydrogen) atoms. The van der Waals surface area contributed by atoms with Crippen molar-refractivity contribution in [2.45, 2.75) is 164 Å². The number of aromatic nitrogens is 4. The molecule has 0 amide bonds. The Labute approximate surface area is 480 Å². The van der Waals surface area contributed by atoms with E-state index in [4.69, 9.17) is 9.97 Å². The lowest BCUT2D eigenvalue weighted by Gasteiger charge is -2.30. The van der Waals surface area contributed by atoms with E-state index in [0.717, 1.165) is 78.2 Å². The number of H-pyrrole nitrogens is 2. The molecule has 0 fully saturated rings. The average Bonchev–Trinajstić information content (AvgIpc) is 4.24. The smallest absolute Gasteiger partial charge is 0.150 e. The van der Waals surface area contributed by atoms with Crippen LogP contribution in [0.3, 0.4) is 0 Å². The molecule has 0 atom stereocenters. The molecule has 2 aliphatic heterocycles. The first-order chi connectivity index (χ1) is 37.3. The molecule has 0 saturated heterocycles. The summed E-state index contributed by atoms with van der Waals surface area (Å²) >= 11 is 0. The van der Waals surface area contributed by atoms with Crippen molar-refractivity contribution in [2.75, 3.05) is 0 Å². The SMILES string of the molecule is CC(C)(C)c1cc(-c2c3nc(c(-c4cc(C(C)(C)C)cc(C(C)(C)C)c4)c4ccc([nH]4)c([Si](C)(c4ccccc4)c4ccccc4)c4nc(c(-c5cc(C(C)(C)C)cc(C(C)(C)C)c5)c5ccc2[nH]5)C=C4)C=C3)cc(C(C)(C)C)c1. The number of nitrogens with one attached hydrogen (secondary N) is 2. The molecule has 4 nitrogen and oxygen atoms in total. The van der Waals surface area contributed by atoms with Crippen LogP contribution >= 0.6 is 0 Å². The zero-order chi connectivity index (χ0) is 57.7. The molecule has 0 aliphatic carbocycles. The van der Waals surface area contributed by atoms with Gasteiger partial charge in [0.2, 0.25) is 0 Å². The monoisotopic (exact) mass is 1070 g/mol. The maximum Gasteiger partial charge on any atom is 0.150 e. The quantitative estimate of drug-likeness (QED) is 0.163. The highest BCUT2D eigenvalue weighted by molar-refractivity contribution is 7.11.